The Kier molecular flexibility index (Phi) is 4.58. The summed E-state index contributed by atoms with van der Waals surface area (Å²) in [6.45, 7) is 7.94. The molecule has 15 heavy (non-hydrogen) atoms. The highest BCUT2D eigenvalue weighted by Gasteiger charge is 2.28. The molecule has 0 heterocycles. The number of rotatable bonds is 6. The number of carbonyl (C=O) groups is 1. The van der Waals surface area contributed by atoms with Gasteiger partial charge in [0.05, 0.1) is 6.04 Å². The van der Waals surface area contributed by atoms with E-state index in [0.717, 1.165) is 25.4 Å². The molecule has 0 aromatic carbocycles. The van der Waals surface area contributed by atoms with E-state index in [1.165, 1.54) is 12.8 Å². The first-order valence-corrected chi connectivity index (χ1v) is 6.09. The van der Waals surface area contributed by atoms with Gasteiger partial charge in [-0.1, -0.05) is 13.8 Å². The van der Waals surface area contributed by atoms with Crippen LogP contribution in [-0.2, 0) is 4.79 Å². The van der Waals surface area contributed by atoms with Gasteiger partial charge in [-0.05, 0) is 38.0 Å². The lowest BCUT2D eigenvalue weighted by Gasteiger charge is -2.25. The lowest BCUT2D eigenvalue weighted by atomic mass is 10.0. The Hall–Kier alpha value is -0.570. The van der Waals surface area contributed by atoms with Crippen LogP contribution in [0, 0.1) is 11.8 Å². The molecule has 1 rings (SSSR count). The van der Waals surface area contributed by atoms with Gasteiger partial charge >= 0.3 is 0 Å². The predicted molar refractivity (Wildman–Crippen MR) is 62.4 cm³/mol. The van der Waals surface area contributed by atoms with Crippen molar-refractivity contribution in [1.29, 1.82) is 0 Å². The van der Waals surface area contributed by atoms with E-state index in [-0.39, 0.29) is 11.9 Å². The average molecular weight is 212 g/mol. The first kappa shape index (κ1) is 12.5. The molecule has 88 valence electrons. The third-order valence-electron chi connectivity index (χ3n) is 2.91. The van der Waals surface area contributed by atoms with Crippen molar-refractivity contribution in [1.82, 2.24) is 4.90 Å². The Bertz CT molecular complexity index is 212. The number of amides is 1. The molecule has 0 aliphatic heterocycles. The van der Waals surface area contributed by atoms with Gasteiger partial charge < -0.3 is 10.6 Å². The number of nitrogens with two attached hydrogens (primary N) is 1. The van der Waals surface area contributed by atoms with Gasteiger partial charge in [-0.25, -0.2) is 0 Å². The molecule has 1 aliphatic rings. The smallest absolute Gasteiger partial charge is 0.239 e. The van der Waals surface area contributed by atoms with Gasteiger partial charge in [0.1, 0.15) is 0 Å². The maximum atomic E-state index is 12.0. The number of likely N-dealkylation sites (N-methyl/N-ethyl adjacent to an activating group) is 1. The molecule has 0 saturated heterocycles. The summed E-state index contributed by atoms with van der Waals surface area (Å²) in [6, 6.07) is -0.302. The molecule has 2 N–H and O–H groups in total. The summed E-state index contributed by atoms with van der Waals surface area (Å²) < 4.78 is 0. The Balaban J connectivity index is 2.39. The molecule has 0 aromatic heterocycles. The van der Waals surface area contributed by atoms with Crippen LogP contribution < -0.4 is 5.73 Å². The van der Waals surface area contributed by atoms with Crippen LogP contribution in [0.3, 0.4) is 0 Å². The second-order valence-electron chi connectivity index (χ2n) is 5.06. The lowest BCUT2D eigenvalue weighted by molar-refractivity contribution is -0.133. The largest absolute Gasteiger partial charge is 0.341 e. The lowest BCUT2D eigenvalue weighted by Crippen LogP contribution is -2.45. The number of hydrogen-bond donors (Lipinski definition) is 1. The van der Waals surface area contributed by atoms with Crippen molar-refractivity contribution in [2.24, 2.45) is 17.6 Å². The van der Waals surface area contributed by atoms with Crippen molar-refractivity contribution in [2.75, 3.05) is 13.1 Å². The van der Waals surface area contributed by atoms with Crippen LogP contribution >= 0.6 is 0 Å². The first-order chi connectivity index (χ1) is 7.04. The monoisotopic (exact) mass is 212 g/mol. The number of hydrogen-bond acceptors (Lipinski definition) is 2. The van der Waals surface area contributed by atoms with E-state index in [4.69, 9.17) is 5.73 Å². The third kappa shape index (κ3) is 4.20. The van der Waals surface area contributed by atoms with Gasteiger partial charge in [-0.3, -0.25) is 4.79 Å². The summed E-state index contributed by atoms with van der Waals surface area (Å²) in [5.41, 5.74) is 5.90. The molecule has 3 nitrogen and oxygen atoms in total. The van der Waals surface area contributed by atoms with Crippen molar-refractivity contribution in [3.8, 4) is 0 Å². The minimum atomic E-state index is -0.302. The van der Waals surface area contributed by atoms with Crippen LogP contribution in [0.15, 0.2) is 0 Å². The van der Waals surface area contributed by atoms with Crippen molar-refractivity contribution in [3.05, 3.63) is 0 Å². The molecule has 1 atom stereocenters. The summed E-state index contributed by atoms with van der Waals surface area (Å²) in [7, 11) is 0. The molecule has 0 unspecified atom stereocenters. The first-order valence-electron chi connectivity index (χ1n) is 6.09. The van der Waals surface area contributed by atoms with Crippen LogP contribution in [0.2, 0.25) is 0 Å². The Morgan fingerprint density at radius 2 is 2.07 bits per heavy atom. The van der Waals surface area contributed by atoms with Crippen LogP contribution in [-0.4, -0.2) is 29.9 Å². The number of nitrogens with zero attached hydrogens (tertiary/aromatic N) is 1. The van der Waals surface area contributed by atoms with Crippen molar-refractivity contribution in [2.45, 2.75) is 46.1 Å². The Morgan fingerprint density at radius 3 is 2.47 bits per heavy atom. The highest BCUT2D eigenvalue weighted by atomic mass is 16.2. The highest BCUT2D eigenvalue weighted by molar-refractivity contribution is 5.81. The van der Waals surface area contributed by atoms with Gasteiger partial charge in [-0.2, -0.15) is 0 Å². The molecular weight excluding hydrogens is 188 g/mol. The molecule has 0 spiro atoms. The van der Waals surface area contributed by atoms with Gasteiger partial charge in [-0.15, -0.1) is 0 Å². The quantitative estimate of drug-likeness (QED) is 0.727. The SMILES string of the molecule is CCN(CC1CC1)C(=O)[C@H](N)CC(C)C. The molecule has 1 saturated carbocycles. The fourth-order valence-electron chi connectivity index (χ4n) is 1.83. The summed E-state index contributed by atoms with van der Waals surface area (Å²) in [5.74, 6) is 1.38. The van der Waals surface area contributed by atoms with Crippen molar-refractivity contribution in [3.63, 3.8) is 0 Å². The zero-order valence-corrected chi connectivity index (χ0v) is 10.2. The standard InChI is InChI=1S/C12H24N2O/c1-4-14(8-10-5-6-10)12(15)11(13)7-9(2)3/h9-11H,4-8,13H2,1-3H3/t11-/m1/s1. The van der Waals surface area contributed by atoms with E-state index < -0.39 is 0 Å². The van der Waals surface area contributed by atoms with E-state index in [9.17, 15) is 4.79 Å². The molecule has 1 amide bonds. The van der Waals surface area contributed by atoms with E-state index in [1.807, 2.05) is 11.8 Å². The van der Waals surface area contributed by atoms with E-state index in [0.29, 0.717) is 5.92 Å². The zero-order chi connectivity index (χ0) is 11.4. The zero-order valence-electron chi connectivity index (χ0n) is 10.2. The van der Waals surface area contributed by atoms with E-state index >= 15 is 0 Å². The second-order valence-corrected chi connectivity index (χ2v) is 5.06. The summed E-state index contributed by atoms with van der Waals surface area (Å²) in [4.78, 5) is 13.9. The summed E-state index contributed by atoms with van der Waals surface area (Å²) in [6.07, 6.45) is 3.35. The Morgan fingerprint density at radius 1 is 1.47 bits per heavy atom. The average Bonchev–Trinajstić information content (AvgIpc) is 2.95. The Labute approximate surface area is 93.0 Å². The van der Waals surface area contributed by atoms with Crippen LogP contribution in [0.25, 0.3) is 0 Å². The second kappa shape index (κ2) is 5.50. The molecule has 1 fully saturated rings. The maximum absolute atomic E-state index is 12.0. The van der Waals surface area contributed by atoms with Crippen LogP contribution in [0.5, 0.6) is 0 Å². The van der Waals surface area contributed by atoms with E-state index in [1.54, 1.807) is 0 Å². The van der Waals surface area contributed by atoms with Gasteiger partial charge in [0.2, 0.25) is 5.91 Å². The minimum absolute atomic E-state index is 0.137. The highest BCUT2D eigenvalue weighted by Crippen LogP contribution is 2.29. The minimum Gasteiger partial charge on any atom is -0.341 e. The summed E-state index contributed by atoms with van der Waals surface area (Å²) in [5, 5.41) is 0. The molecule has 1 aliphatic carbocycles. The van der Waals surface area contributed by atoms with Crippen LogP contribution in [0.1, 0.15) is 40.0 Å². The van der Waals surface area contributed by atoms with Gasteiger partial charge in [0.25, 0.3) is 0 Å². The van der Waals surface area contributed by atoms with Gasteiger partial charge in [0.15, 0.2) is 0 Å². The predicted octanol–water partition coefficient (Wildman–Crippen LogP) is 1.62. The molecule has 3 heteroatoms. The molecule has 0 bridgehead atoms. The fraction of sp³-hybridized carbons (Fsp3) is 0.917. The third-order valence-corrected chi connectivity index (χ3v) is 2.91. The van der Waals surface area contributed by atoms with Crippen LogP contribution in [0.4, 0.5) is 0 Å². The maximum Gasteiger partial charge on any atom is 0.239 e. The molecule has 0 radical (unpaired) electrons. The number of carbonyl (C=O) groups excluding carboxylic acids is 1. The summed E-state index contributed by atoms with van der Waals surface area (Å²) >= 11 is 0. The fourth-order valence-corrected chi connectivity index (χ4v) is 1.83. The molecular formula is C12H24N2O. The van der Waals surface area contributed by atoms with E-state index in [2.05, 4.69) is 13.8 Å². The van der Waals surface area contributed by atoms with Gasteiger partial charge in [0, 0.05) is 13.1 Å². The topological polar surface area (TPSA) is 46.3 Å². The molecule has 0 aromatic rings. The van der Waals surface area contributed by atoms with Crippen molar-refractivity contribution < 1.29 is 4.79 Å². The van der Waals surface area contributed by atoms with Crippen molar-refractivity contribution >= 4 is 5.91 Å². The normalized spacial score (nSPS) is 17.9.